The van der Waals surface area contributed by atoms with E-state index in [0.717, 1.165) is 18.4 Å². The molecule has 0 bridgehead atoms. The molecule has 1 aliphatic rings. The summed E-state index contributed by atoms with van der Waals surface area (Å²) in [6.45, 7) is 0. The molecule has 4 heteroatoms. The van der Waals surface area contributed by atoms with Crippen molar-refractivity contribution in [2.75, 3.05) is 0 Å². The van der Waals surface area contributed by atoms with E-state index in [1.165, 1.54) is 12.1 Å². The zero-order chi connectivity index (χ0) is 9.84. The quantitative estimate of drug-likeness (QED) is 0.662. The van der Waals surface area contributed by atoms with Gasteiger partial charge in [0.2, 0.25) is 0 Å². The number of benzene rings is 1. The van der Waals surface area contributed by atoms with Gasteiger partial charge in [-0.25, -0.2) is 14.7 Å². The molecule has 0 spiro atoms. The van der Waals surface area contributed by atoms with Gasteiger partial charge in [0.05, 0.1) is 0 Å². The Bertz CT molecular complexity index is 287. The molecular weight excluding hydrogens is 176 g/mol. The van der Waals surface area contributed by atoms with E-state index in [0.29, 0.717) is 5.92 Å². The third-order valence-corrected chi connectivity index (χ3v) is 1.99. The predicted octanol–water partition coefficient (Wildman–Crippen LogP) is 2.18. The van der Waals surface area contributed by atoms with Gasteiger partial charge in [0.1, 0.15) is 0 Å². The first-order valence-electron chi connectivity index (χ1n) is 3.98. The topological polar surface area (TPSA) is 46.2 Å². The van der Waals surface area contributed by atoms with Crippen LogP contribution in [0.25, 0.3) is 0 Å². The zero-order valence-corrected chi connectivity index (χ0v) is 7.00. The molecule has 0 radical (unpaired) electrons. The lowest BCUT2D eigenvalue weighted by atomic mass is 10.1. The predicted molar refractivity (Wildman–Crippen MR) is 44.3 cm³/mol. The second-order valence-corrected chi connectivity index (χ2v) is 2.95. The monoisotopic (exact) mass is 187 g/mol. The van der Waals surface area contributed by atoms with Gasteiger partial charge in [-0.3, -0.25) is 0 Å². The number of rotatable bonds is 1. The van der Waals surface area contributed by atoms with Crippen LogP contribution >= 0.6 is 0 Å². The lowest BCUT2D eigenvalue weighted by Crippen LogP contribution is -1.86. The standard InChI is InChI=1S/C9H8F2.H3NO/c10-8-4-3-7(5-9(8)11)6-1-2-6;1-2/h3-6H,1-2H2;2H,1H2. The molecule has 0 aromatic heterocycles. The maximum Gasteiger partial charge on any atom is 0.159 e. The molecule has 2 nitrogen and oxygen atoms in total. The summed E-state index contributed by atoms with van der Waals surface area (Å²) in [5.41, 5.74) is 0.934. The Labute approximate surface area is 74.9 Å². The molecule has 0 aliphatic heterocycles. The average molecular weight is 187 g/mol. The Balaban J connectivity index is 0.000000396. The molecule has 1 saturated carbocycles. The molecule has 3 N–H and O–H groups in total. The first-order valence-corrected chi connectivity index (χ1v) is 3.98. The molecule has 0 amide bonds. The van der Waals surface area contributed by atoms with Crippen molar-refractivity contribution in [3.05, 3.63) is 35.4 Å². The van der Waals surface area contributed by atoms with Crippen LogP contribution in [0.4, 0.5) is 8.78 Å². The van der Waals surface area contributed by atoms with Crippen LogP contribution in [0.1, 0.15) is 24.3 Å². The summed E-state index contributed by atoms with van der Waals surface area (Å²) >= 11 is 0. The molecule has 1 aliphatic carbocycles. The Kier molecular flexibility index (Phi) is 3.33. The Morgan fingerprint density at radius 2 is 1.77 bits per heavy atom. The van der Waals surface area contributed by atoms with Crippen molar-refractivity contribution in [2.24, 2.45) is 5.90 Å². The smallest absolute Gasteiger partial charge is 0.159 e. The van der Waals surface area contributed by atoms with Crippen molar-refractivity contribution < 1.29 is 14.0 Å². The SMILES string of the molecule is Fc1ccc(C2CC2)cc1F.NO. The molecule has 0 atom stereocenters. The highest BCUT2D eigenvalue weighted by Gasteiger charge is 2.24. The van der Waals surface area contributed by atoms with Gasteiger partial charge in [0, 0.05) is 0 Å². The number of hydrogen-bond donors (Lipinski definition) is 2. The molecule has 0 unspecified atom stereocenters. The number of hydrogen-bond acceptors (Lipinski definition) is 2. The van der Waals surface area contributed by atoms with Crippen LogP contribution in [0.2, 0.25) is 0 Å². The van der Waals surface area contributed by atoms with E-state index in [4.69, 9.17) is 5.21 Å². The van der Waals surface area contributed by atoms with Crippen molar-refractivity contribution in [2.45, 2.75) is 18.8 Å². The Hall–Kier alpha value is -1.00. The van der Waals surface area contributed by atoms with Crippen molar-refractivity contribution in [3.63, 3.8) is 0 Å². The maximum absolute atomic E-state index is 12.6. The highest BCUT2D eigenvalue weighted by Crippen LogP contribution is 2.40. The van der Waals surface area contributed by atoms with Gasteiger partial charge >= 0.3 is 0 Å². The normalized spacial score (nSPS) is 14.8. The van der Waals surface area contributed by atoms with Crippen LogP contribution in [0.15, 0.2) is 18.2 Å². The van der Waals surface area contributed by atoms with Crippen molar-refractivity contribution >= 4 is 0 Å². The lowest BCUT2D eigenvalue weighted by Gasteiger charge is -1.97. The molecule has 13 heavy (non-hydrogen) atoms. The van der Waals surface area contributed by atoms with Gasteiger partial charge in [-0.15, -0.1) is 0 Å². The van der Waals surface area contributed by atoms with Gasteiger partial charge in [-0.2, -0.15) is 0 Å². The third kappa shape index (κ3) is 2.47. The van der Waals surface area contributed by atoms with E-state index in [1.807, 2.05) is 0 Å². The summed E-state index contributed by atoms with van der Waals surface area (Å²) in [5.74, 6) is 2.51. The molecule has 1 aromatic carbocycles. The maximum atomic E-state index is 12.6. The third-order valence-electron chi connectivity index (χ3n) is 1.99. The summed E-state index contributed by atoms with van der Waals surface area (Å²) < 4.78 is 25.0. The fourth-order valence-electron chi connectivity index (χ4n) is 1.18. The average Bonchev–Trinajstić information content (AvgIpc) is 2.96. The van der Waals surface area contributed by atoms with Crippen LogP contribution in [-0.4, -0.2) is 5.21 Å². The van der Waals surface area contributed by atoms with Crippen molar-refractivity contribution in [1.82, 2.24) is 0 Å². The minimum Gasteiger partial charge on any atom is -0.320 e. The van der Waals surface area contributed by atoms with E-state index >= 15 is 0 Å². The minimum atomic E-state index is -0.755. The Morgan fingerprint density at radius 1 is 1.15 bits per heavy atom. The summed E-state index contributed by atoms with van der Waals surface area (Å²) in [6, 6.07) is 4.16. The van der Waals surface area contributed by atoms with Crippen LogP contribution in [0.5, 0.6) is 0 Å². The second-order valence-electron chi connectivity index (χ2n) is 2.95. The molecule has 1 aromatic rings. The van der Waals surface area contributed by atoms with Crippen molar-refractivity contribution in [3.8, 4) is 0 Å². The number of nitrogens with two attached hydrogens (primary N) is 1. The summed E-state index contributed by atoms with van der Waals surface area (Å²) in [6.07, 6.45) is 2.23. The lowest BCUT2D eigenvalue weighted by molar-refractivity contribution is 0.311. The molecule has 1 fully saturated rings. The van der Waals surface area contributed by atoms with Crippen molar-refractivity contribution in [1.29, 1.82) is 0 Å². The number of halogens is 2. The summed E-state index contributed by atoms with van der Waals surface area (Å²) in [7, 11) is 0. The molecule has 72 valence electrons. The first kappa shape index (κ1) is 10.1. The van der Waals surface area contributed by atoms with Gasteiger partial charge in [0.25, 0.3) is 0 Å². The highest BCUT2D eigenvalue weighted by atomic mass is 19.2. The van der Waals surface area contributed by atoms with Gasteiger partial charge in [-0.1, -0.05) is 6.07 Å². The molecular formula is C9H11F2NO. The van der Waals surface area contributed by atoms with E-state index in [9.17, 15) is 8.78 Å². The zero-order valence-electron chi connectivity index (χ0n) is 7.00. The van der Waals surface area contributed by atoms with Gasteiger partial charge in [0.15, 0.2) is 11.6 Å². The van der Waals surface area contributed by atoms with Gasteiger partial charge in [-0.05, 0) is 36.5 Å². The highest BCUT2D eigenvalue weighted by molar-refractivity contribution is 5.24. The largest absolute Gasteiger partial charge is 0.320 e. The fraction of sp³-hybridized carbons (Fsp3) is 0.333. The summed E-state index contributed by atoms with van der Waals surface area (Å²) in [4.78, 5) is 0. The summed E-state index contributed by atoms with van der Waals surface area (Å²) in [5, 5.41) is 6.50. The first-order chi connectivity index (χ1) is 6.27. The van der Waals surface area contributed by atoms with Crippen LogP contribution < -0.4 is 5.90 Å². The van der Waals surface area contributed by atoms with Crippen LogP contribution in [-0.2, 0) is 0 Å². The molecule has 2 rings (SSSR count). The van der Waals surface area contributed by atoms with E-state index in [1.54, 1.807) is 6.07 Å². The van der Waals surface area contributed by atoms with E-state index in [2.05, 4.69) is 5.90 Å². The van der Waals surface area contributed by atoms with Crippen LogP contribution in [0.3, 0.4) is 0 Å². The van der Waals surface area contributed by atoms with E-state index < -0.39 is 11.6 Å². The fourth-order valence-corrected chi connectivity index (χ4v) is 1.18. The van der Waals surface area contributed by atoms with Gasteiger partial charge < -0.3 is 5.21 Å². The minimum absolute atomic E-state index is 0.491. The van der Waals surface area contributed by atoms with Crippen LogP contribution in [0, 0.1) is 11.6 Å². The molecule has 0 saturated heterocycles. The van der Waals surface area contributed by atoms with E-state index in [-0.39, 0.29) is 0 Å². The molecule has 0 heterocycles. The Morgan fingerprint density at radius 3 is 2.23 bits per heavy atom. The second kappa shape index (κ2) is 4.30.